The van der Waals surface area contributed by atoms with E-state index < -0.39 is 0 Å². The molecule has 2 N–H and O–H groups in total. The molecule has 1 aromatic heterocycles. The highest BCUT2D eigenvalue weighted by Crippen LogP contribution is 2.61. The molecule has 4 saturated carbocycles. The number of nitrogens with zero attached hydrogens (tertiary/aromatic N) is 3. The molecule has 1 aliphatic heterocycles. The quantitative estimate of drug-likeness (QED) is 0.792. The molecule has 0 radical (unpaired) electrons. The molecule has 0 aromatic carbocycles. The van der Waals surface area contributed by atoms with Crippen LogP contribution in [0.3, 0.4) is 0 Å². The zero-order valence-corrected chi connectivity index (χ0v) is 18.7. The normalized spacial score (nSPS) is 33.3. The number of hydrogen-bond donors (Lipinski definition) is 2. The van der Waals surface area contributed by atoms with Crippen LogP contribution < -0.4 is 5.32 Å². The number of nitrogens with one attached hydrogen (secondary N) is 1. The van der Waals surface area contributed by atoms with Crippen molar-refractivity contribution in [2.75, 3.05) is 18.4 Å². The second-order valence-electron chi connectivity index (χ2n) is 11.6. The van der Waals surface area contributed by atoms with E-state index in [1.54, 1.807) is 6.33 Å². The largest absolute Gasteiger partial charge is 0.391 e. The van der Waals surface area contributed by atoms with Gasteiger partial charge in [0.1, 0.15) is 12.1 Å². The van der Waals surface area contributed by atoms with Crippen molar-refractivity contribution in [2.24, 2.45) is 28.6 Å². The van der Waals surface area contributed by atoms with Crippen molar-refractivity contribution in [2.45, 2.75) is 78.4 Å². The van der Waals surface area contributed by atoms with Gasteiger partial charge in [-0.25, -0.2) is 9.97 Å². The van der Waals surface area contributed by atoms with E-state index in [4.69, 9.17) is 0 Å². The van der Waals surface area contributed by atoms with Gasteiger partial charge in [-0.05, 0) is 68.1 Å². The minimum Gasteiger partial charge on any atom is -0.391 e. The Morgan fingerprint density at radius 2 is 1.83 bits per heavy atom. The highest BCUT2D eigenvalue weighted by molar-refractivity contribution is 5.81. The van der Waals surface area contributed by atoms with Gasteiger partial charge in [0.2, 0.25) is 5.91 Å². The third-order valence-electron chi connectivity index (χ3n) is 8.19. The van der Waals surface area contributed by atoms with E-state index in [0.717, 1.165) is 41.2 Å². The van der Waals surface area contributed by atoms with Gasteiger partial charge in [-0.1, -0.05) is 20.8 Å². The Morgan fingerprint density at radius 1 is 1.20 bits per heavy atom. The summed E-state index contributed by atoms with van der Waals surface area (Å²) in [4.78, 5) is 23.5. The van der Waals surface area contributed by atoms with Crippen LogP contribution in [0.1, 0.15) is 70.6 Å². The Kier molecular flexibility index (Phi) is 4.84. The van der Waals surface area contributed by atoms with Crippen molar-refractivity contribution < 1.29 is 9.90 Å². The second-order valence-corrected chi connectivity index (χ2v) is 11.6. The highest BCUT2D eigenvalue weighted by Gasteiger charge is 2.53. The molecular formula is C24H36N4O2. The predicted molar refractivity (Wildman–Crippen MR) is 116 cm³/mol. The van der Waals surface area contributed by atoms with Crippen molar-refractivity contribution in [1.82, 2.24) is 14.9 Å². The van der Waals surface area contributed by atoms with Crippen LogP contribution in [0.2, 0.25) is 0 Å². The first-order valence-electron chi connectivity index (χ1n) is 11.8. The topological polar surface area (TPSA) is 78.4 Å². The maximum absolute atomic E-state index is 12.7. The van der Waals surface area contributed by atoms with Crippen molar-refractivity contribution in [3.63, 3.8) is 0 Å². The van der Waals surface area contributed by atoms with Crippen LogP contribution in [0.25, 0.3) is 0 Å². The number of amides is 1. The summed E-state index contributed by atoms with van der Waals surface area (Å²) in [6.07, 6.45) is 9.80. The molecular weight excluding hydrogens is 376 g/mol. The Hall–Kier alpha value is -1.69. The average Bonchev–Trinajstić information content (AvgIpc) is 2.69. The van der Waals surface area contributed by atoms with Crippen LogP contribution in [0.15, 0.2) is 6.33 Å². The molecule has 6 heteroatoms. The van der Waals surface area contributed by atoms with Crippen molar-refractivity contribution in [3.8, 4) is 0 Å². The van der Waals surface area contributed by atoms with E-state index in [2.05, 4.69) is 15.3 Å². The summed E-state index contributed by atoms with van der Waals surface area (Å²) < 4.78 is 0. The molecule has 0 saturated heterocycles. The van der Waals surface area contributed by atoms with Crippen LogP contribution in [0.4, 0.5) is 5.82 Å². The molecule has 1 atom stereocenters. The zero-order valence-electron chi connectivity index (χ0n) is 18.7. The SMILES string of the molecule is CC(C)(C)C(=O)N1CCc2c(ncnc2NCC(O)C23CC4CC(CC(C4)C2)C3)C1. The van der Waals surface area contributed by atoms with Gasteiger partial charge < -0.3 is 15.3 Å². The number of fused-ring (bicyclic) bond motifs is 1. The first kappa shape index (κ1) is 20.2. The number of aliphatic hydroxyl groups is 1. The lowest BCUT2D eigenvalue weighted by molar-refractivity contribution is -0.140. The summed E-state index contributed by atoms with van der Waals surface area (Å²) in [6.45, 7) is 7.68. The zero-order chi connectivity index (χ0) is 21.1. The minimum absolute atomic E-state index is 0.116. The molecule has 4 bridgehead atoms. The number of aliphatic hydroxyl groups excluding tert-OH is 1. The lowest BCUT2D eigenvalue weighted by Crippen LogP contribution is -2.53. The fraction of sp³-hybridized carbons (Fsp3) is 0.792. The second kappa shape index (κ2) is 7.18. The molecule has 1 amide bonds. The lowest BCUT2D eigenvalue weighted by Gasteiger charge is -2.58. The summed E-state index contributed by atoms with van der Waals surface area (Å²) in [6, 6.07) is 0. The van der Waals surface area contributed by atoms with Crippen molar-refractivity contribution in [1.29, 1.82) is 0 Å². The molecule has 6 rings (SSSR count). The first-order chi connectivity index (χ1) is 14.2. The van der Waals surface area contributed by atoms with Gasteiger partial charge in [0.15, 0.2) is 0 Å². The molecule has 6 nitrogen and oxygen atoms in total. The van der Waals surface area contributed by atoms with Crippen LogP contribution >= 0.6 is 0 Å². The van der Waals surface area contributed by atoms with Gasteiger partial charge in [0.25, 0.3) is 0 Å². The fourth-order valence-electron chi connectivity index (χ4n) is 7.15. The van der Waals surface area contributed by atoms with Gasteiger partial charge in [0, 0.05) is 24.1 Å². The summed E-state index contributed by atoms with van der Waals surface area (Å²) in [5, 5.41) is 14.7. The van der Waals surface area contributed by atoms with Crippen LogP contribution in [-0.2, 0) is 17.8 Å². The van der Waals surface area contributed by atoms with E-state index in [1.807, 2.05) is 25.7 Å². The molecule has 1 unspecified atom stereocenters. The molecule has 2 heterocycles. The maximum atomic E-state index is 12.7. The molecule has 164 valence electrons. The van der Waals surface area contributed by atoms with Gasteiger partial charge in [0.05, 0.1) is 18.3 Å². The molecule has 5 aliphatic rings. The number of hydrogen-bond acceptors (Lipinski definition) is 5. The van der Waals surface area contributed by atoms with Crippen LogP contribution in [0.5, 0.6) is 0 Å². The fourth-order valence-corrected chi connectivity index (χ4v) is 7.15. The number of rotatable bonds is 4. The Bertz CT molecular complexity index is 796. The monoisotopic (exact) mass is 412 g/mol. The van der Waals surface area contributed by atoms with E-state index in [9.17, 15) is 9.90 Å². The number of aromatic nitrogens is 2. The summed E-state index contributed by atoms with van der Waals surface area (Å²) in [5.41, 5.74) is 1.77. The van der Waals surface area contributed by atoms with Crippen molar-refractivity contribution in [3.05, 3.63) is 17.6 Å². The van der Waals surface area contributed by atoms with Crippen LogP contribution in [-0.4, -0.2) is 45.1 Å². The van der Waals surface area contributed by atoms with Crippen molar-refractivity contribution >= 4 is 11.7 Å². The van der Waals surface area contributed by atoms with E-state index in [0.29, 0.717) is 19.6 Å². The highest BCUT2D eigenvalue weighted by atomic mass is 16.3. The van der Waals surface area contributed by atoms with Gasteiger partial charge in [-0.3, -0.25) is 4.79 Å². The van der Waals surface area contributed by atoms with Crippen LogP contribution in [0, 0.1) is 28.6 Å². The minimum atomic E-state index is -0.381. The Morgan fingerprint density at radius 3 is 2.43 bits per heavy atom. The smallest absolute Gasteiger partial charge is 0.228 e. The van der Waals surface area contributed by atoms with E-state index in [-0.39, 0.29) is 22.8 Å². The third-order valence-corrected chi connectivity index (χ3v) is 8.19. The summed E-state index contributed by atoms with van der Waals surface area (Å²) in [7, 11) is 0. The first-order valence-corrected chi connectivity index (χ1v) is 11.8. The summed E-state index contributed by atoms with van der Waals surface area (Å²) >= 11 is 0. The molecule has 30 heavy (non-hydrogen) atoms. The standard InChI is InChI=1S/C24H36N4O2/c1-23(2,3)22(30)28-5-4-18-19(13-28)26-14-27-21(18)25-12-20(29)24-9-15-6-16(10-24)8-17(7-15)11-24/h14-17,20,29H,4-13H2,1-3H3,(H,25,26,27). The maximum Gasteiger partial charge on any atom is 0.228 e. The number of carbonyl (C=O) groups excluding carboxylic acids is 1. The van der Waals surface area contributed by atoms with Gasteiger partial charge in [-0.2, -0.15) is 0 Å². The van der Waals surface area contributed by atoms with E-state index in [1.165, 1.54) is 38.5 Å². The van der Waals surface area contributed by atoms with E-state index >= 15 is 0 Å². The predicted octanol–water partition coefficient (Wildman–Crippen LogP) is 3.40. The molecule has 4 aliphatic carbocycles. The summed E-state index contributed by atoms with van der Waals surface area (Å²) in [5.74, 6) is 3.52. The average molecular weight is 413 g/mol. The lowest BCUT2D eigenvalue weighted by atomic mass is 9.48. The van der Waals surface area contributed by atoms with Gasteiger partial charge >= 0.3 is 0 Å². The molecule has 4 fully saturated rings. The molecule has 1 aromatic rings. The third kappa shape index (κ3) is 3.51. The Balaban J connectivity index is 1.27. The van der Waals surface area contributed by atoms with Gasteiger partial charge in [-0.15, -0.1) is 0 Å². The Labute approximate surface area is 179 Å². The molecule has 0 spiro atoms. The number of carbonyl (C=O) groups is 1. The number of anilines is 1.